The van der Waals surface area contributed by atoms with Crippen LogP contribution in [-0.4, -0.2) is 0 Å². The van der Waals surface area contributed by atoms with E-state index in [2.05, 4.69) is 0 Å². The summed E-state index contributed by atoms with van der Waals surface area (Å²) in [6.07, 6.45) is 0.566. The Morgan fingerprint density at radius 3 is 2.37 bits per heavy atom. The molecule has 0 aliphatic carbocycles. The molecule has 0 spiro atoms. The minimum Gasteiger partial charge on any atom is -0.321 e. The van der Waals surface area contributed by atoms with Crippen LogP contribution < -0.4 is 5.73 Å². The first-order valence-electron chi connectivity index (χ1n) is 5.88. The molecule has 0 radical (unpaired) electrons. The van der Waals surface area contributed by atoms with Crippen LogP contribution >= 0.6 is 34.8 Å². The zero-order valence-electron chi connectivity index (χ0n) is 10.5. The van der Waals surface area contributed by atoms with E-state index in [-0.39, 0.29) is 0 Å². The van der Waals surface area contributed by atoms with Crippen molar-refractivity contribution in [3.63, 3.8) is 0 Å². The standard InChI is InChI=1S/C15H14Cl3N/c1-15(19,12-4-2-3-5-14(12)18)9-10-8-11(16)6-7-13(10)17/h2-8H,9,19H2,1H3. The van der Waals surface area contributed by atoms with Crippen LogP contribution in [0.3, 0.4) is 0 Å². The minimum absolute atomic E-state index is 0.566. The highest BCUT2D eigenvalue weighted by Crippen LogP contribution is 2.31. The summed E-state index contributed by atoms with van der Waals surface area (Å²) in [5.74, 6) is 0. The number of nitrogens with two attached hydrogens (primary N) is 1. The molecule has 100 valence electrons. The summed E-state index contributed by atoms with van der Waals surface area (Å²) in [5, 5.41) is 1.97. The first kappa shape index (κ1) is 14.7. The van der Waals surface area contributed by atoms with Gasteiger partial charge in [-0.1, -0.05) is 53.0 Å². The lowest BCUT2D eigenvalue weighted by atomic mass is 9.86. The molecule has 0 fully saturated rings. The van der Waals surface area contributed by atoms with E-state index in [9.17, 15) is 0 Å². The maximum absolute atomic E-state index is 6.40. The van der Waals surface area contributed by atoms with E-state index in [1.807, 2.05) is 37.3 Å². The van der Waals surface area contributed by atoms with Crippen LogP contribution in [-0.2, 0) is 12.0 Å². The molecule has 1 unspecified atom stereocenters. The average molecular weight is 315 g/mol. The molecule has 0 amide bonds. The van der Waals surface area contributed by atoms with E-state index in [1.165, 1.54) is 0 Å². The number of halogens is 3. The fraction of sp³-hybridized carbons (Fsp3) is 0.200. The zero-order chi connectivity index (χ0) is 14.0. The fourth-order valence-corrected chi connectivity index (χ4v) is 2.82. The van der Waals surface area contributed by atoms with Gasteiger partial charge in [0.15, 0.2) is 0 Å². The Morgan fingerprint density at radius 2 is 1.68 bits per heavy atom. The summed E-state index contributed by atoms with van der Waals surface area (Å²) >= 11 is 18.4. The van der Waals surface area contributed by atoms with Gasteiger partial charge in [-0.3, -0.25) is 0 Å². The predicted octanol–water partition coefficient (Wildman–Crippen LogP) is 5.06. The van der Waals surface area contributed by atoms with Gasteiger partial charge < -0.3 is 5.73 Å². The number of hydrogen-bond donors (Lipinski definition) is 1. The van der Waals surface area contributed by atoms with Crippen molar-refractivity contribution in [1.29, 1.82) is 0 Å². The molecule has 0 aliphatic rings. The Labute approximate surface area is 128 Å². The second kappa shape index (κ2) is 5.72. The fourth-order valence-electron chi connectivity index (χ4n) is 2.09. The quantitative estimate of drug-likeness (QED) is 0.841. The van der Waals surface area contributed by atoms with Gasteiger partial charge in [0.05, 0.1) is 0 Å². The summed E-state index contributed by atoms with van der Waals surface area (Å²) < 4.78 is 0. The van der Waals surface area contributed by atoms with Gasteiger partial charge in [0.25, 0.3) is 0 Å². The van der Waals surface area contributed by atoms with E-state index >= 15 is 0 Å². The van der Waals surface area contributed by atoms with Crippen LogP contribution in [0.2, 0.25) is 15.1 Å². The van der Waals surface area contributed by atoms with Gasteiger partial charge in [-0.05, 0) is 48.7 Å². The van der Waals surface area contributed by atoms with Crippen molar-refractivity contribution < 1.29 is 0 Å². The molecule has 0 saturated carbocycles. The largest absolute Gasteiger partial charge is 0.321 e. The highest BCUT2D eigenvalue weighted by atomic mass is 35.5. The molecule has 2 N–H and O–H groups in total. The Balaban J connectivity index is 2.36. The molecule has 0 aliphatic heterocycles. The van der Waals surface area contributed by atoms with Gasteiger partial charge >= 0.3 is 0 Å². The summed E-state index contributed by atoms with van der Waals surface area (Å²) in [6, 6.07) is 13.0. The second-order valence-corrected chi connectivity index (χ2v) is 6.06. The lowest BCUT2D eigenvalue weighted by molar-refractivity contribution is 0.492. The molecule has 0 saturated heterocycles. The van der Waals surface area contributed by atoms with Crippen molar-refractivity contribution in [1.82, 2.24) is 0 Å². The third-order valence-corrected chi connectivity index (χ3v) is 3.99. The zero-order valence-corrected chi connectivity index (χ0v) is 12.7. The first-order valence-corrected chi connectivity index (χ1v) is 7.01. The number of hydrogen-bond acceptors (Lipinski definition) is 1. The van der Waals surface area contributed by atoms with Crippen LogP contribution in [0.5, 0.6) is 0 Å². The molecule has 0 aromatic heterocycles. The molecule has 1 atom stereocenters. The Bertz CT molecular complexity index is 594. The summed E-state index contributed by atoms with van der Waals surface area (Å²) in [4.78, 5) is 0. The van der Waals surface area contributed by atoms with E-state index < -0.39 is 5.54 Å². The van der Waals surface area contributed by atoms with E-state index in [0.717, 1.165) is 11.1 Å². The summed E-state index contributed by atoms with van der Waals surface area (Å²) in [7, 11) is 0. The third-order valence-electron chi connectivity index (χ3n) is 3.05. The van der Waals surface area contributed by atoms with Crippen LogP contribution in [0.4, 0.5) is 0 Å². The van der Waals surface area contributed by atoms with E-state index in [1.54, 1.807) is 12.1 Å². The molecule has 2 aromatic rings. The predicted molar refractivity (Wildman–Crippen MR) is 83.2 cm³/mol. The van der Waals surface area contributed by atoms with Crippen molar-refractivity contribution >= 4 is 34.8 Å². The summed E-state index contributed by atoms with van der Waals surface area (Å²) in [6.45, 7) is 1.94. The Hall–Kier alpha value is -0.730. The number of benzene rings is 2. The van der Waals surface area contributed by atoms with Gasteiger partial charge in [0.1, 0.15) is 0 Å². The van der Waals surface area contributed by atoms with Crippen molar-refractivity contribution in [2.45, 2.75) is 18.9 Å². The second-order valence-electron chi connectivity index (χ2n) is 4.81. The monoisotopic (exact) mass is 313 g/mol. The van der Waals surface area contributed by atoms with Crippen molar-refractivity contribution in [2.75, 3.05) is 0 Å². The lowest BCUT2D eigenvalue weighted by Gasteiger charge is -2.27. The topological polar surface area (TPSA) is 26.0 Å². The van der Waals surface area contributed by atoms with Gasteiger partial charge in [0, 0.05) is 20.6 Å². The maximum atomic E-state index is 6.40. The minimum atomic E-state index is -0.604. The molecule has 2 rings (SSSR count). The first-order chi connectivity index (χ1) is 8.90. The van der Waals surface area contributed by atoms with Crippen LogP contribution in [0.1, 0.15) is 18.1 Å². The average Bonchev–Trinajstić information content (AvgIpc) is 2.34. The Morgan fingerprint density at radius 1 is 1.00 bits per heavy atom. The normalized spacial score (nSPS) is 14.2. The third kappa shape index (κ3) is 3.43. The SMILES string of the molecule is CC(N)(Cc1cc(Cl)ccc1Cl)c1ccccc1Cl. The van der Waals surface area contributed by atoms with Crippen LogP contribution in [0.25, 0.3) is 0 Å². The van der Waals surface area contributed by atoms with Crippen molar-refractivity contribution in [3.8, 4) is 0 Å². The van der Waals surface area contributed by atoms with Gasteiger partial charge in [0.2, 0.25) is 0 Å². The lowest BCUT2D eigenvalue weighted by Crippen LogP contribution is -2.35. The van der Waals surface area contributed by atoms with E-state index in [4.69, 9.17) is 40.5 Å². The molecule has 4 heteroatoms. The van der Waals surface area contributed by atoms with Crippen LogP contribution in [0, 0.1) is 0 Å². The molecule has 0 bridgehead atoms. The van der Waals surface area contributed by atoms with Gasteiger partial charge in [-0.2, -0.15) is 0 Å². The highest BCUT2D eigenvalue weighted by molar-refractivity contribution is 6.33. The molecular formula is C15H14Cl3N. The smallest absolute Gasteiger partial charge is 0.0456 e. The Kier molecular flexibility index (Phi) is 4.42. The maximum Gasteiger partial charge on any atom is 0.0456 e. The summed E-state index contributed by atoms with van der Waals surface area (Å²) in [5.41, 5.74) is 7.61. The van der Waals surface area contributed by atoms with Gasteiger partial charge in [-0.25, -0.2) is 0 Å². The highest BCUT2D eigenvalue weighted by Gasteiger charge is 2.25. The van der Waals surface area contributed by atoms with Crippen molar-refractivity contribution in [2.24, 2.45) is 5.73 Å². The number of rotatable bonds is 3. The van der Waals surface area contributed by atoms with Crippen molar-refractivity contribution in [3.05, 3.63) is 68.7 Å². The van der Waals surface area contributed by atoms with Crippen LogP contribution in [0.15, 0.2) is 42.5 Å². The van der Waals surface area contributed by atoms with E-state index in [0.29, 0.717) is 21.5 Å². The molecule has 19 heavy (non-hydrogen) atoms. The molecule has 0 heterocycles. The molecule has 2 aromatic carbocycles. The molecule has 1 nitrogen and oxygen atoms in total. The van der Waals surface area contributed by atoms with Gasteiger partial charge in [-0.15, -0.1) is 0 Å². The molecular weight excluding hydrogens is 301 g/mol.